The van der Waals surface area contributed by atoms with Gasteiger partial charge in [-0.15, -0.1) is 0 Å². The molecule has 128 valence electrons. The van der Waals surface area contributed by atoms with E-state index in [1.54, 1.807) is 48.5 Å². The number of hydrogen-bond acceptors (Lipinski definition) is 6. The predicted molar refractivity (Wildman–Crippen MR) is 96.0 cm³/mol. The molecule has 0 bridgehead atoms. The van der Waals surface area contributed by atoms with Gasteiger partial charge in [-0.05, 0) is 48.5 Å². The molecule has 0 heterocycles. The maximum absolute atomic E-state index is 12.3. The number of ether oxygens (including phenoxy) is 1. The number of rotatable bonds is 5. The average molecular weight is 356 g/mol. The summed E-state index contributed by atoms with van der Waals surface area (Å²) in [5, 5.41) is 0. The molecule has 25 heavy (non-hydrogen) atoms. The van der Waals surface area contributed by atoms with Crippen molar-refractivity contribution < 1.29 is 17.3 Å². The molecule has 4 N–H and O–H groups in total. The fourth-order valence-corrected chi connectivity index (χ4v) is 3.05. The highest BCUT2D eigenvalue weighted by atomic mass is 32.2. The molecule has 0 saturated heterocycles. The molecular formula is C18H16N2O4S. The third-order valence-electron chi connectivity index (χ3n) is 3.27. The zero-order valence-electron chi connectivity index (χ0n) is 13.1. The van der Waals surface area contributed by atoms with E-state index in [0.717, 1.165) is 0 Å². The van der Waals surface area contributed by atoms with Crippen molar-refractivity contribution >= 4 is 21.5 Å². The standard InChI is InChI=1S/C18H16N2O4S/c19-13-3-1-5-16(11-13)23-15-7-9-18(10-8-15)25(21,22)24-17-6-2-4-14(20)12-17/h1-12H,19-20H2. The maximum atomic E-state index is 12.3. The van der Waals surface area contributed by atoms with Crippen LogP contribution in [0.1, 0.15) is 0 Å². The lowest BCUT2D eigenvalue weighted by Crippen LogP contribution is -2.09. The van der Waals surface area contributed by atoms with Gasteiger partial charge >= 0.3 is 10.1 Å². The van der Waals surface area contributed by atoms with Crippen LogP contribution in [0.4, 0.5) is 11.4 Å². The summed E-state index contributed by atoms with van der Waals surface area (Å²) in [6.07, 6.45) is 0. The third-order valence-corrected chi connectivity index (χ3v) is 4.53. The Morgan fingerprint density at radius 1 is 0.680 bits per heavy atom. The van der Waals surface area contributed by atoms with E-state index in [1.807, 2.05) is 0 Å². The first-order chi connectivity index (χ1) is 11.9. The molecule has 7 heteroatoms. The molecule has 0 aliphatic carbocycles. The van der Waals surface area contributed by atoms with E-state index >= 15 is 0 Å². The van der Waals surface area contributed by atoms with Crippen molar-refractivity contribution in [2.24, 2.45) is 0 Å². The Morgan fingerprint density at radius 3 is 1.84 bits per heavy atom. The highest BCUT2D eigenvalue weighted by Gasteiger charge is 2.17. The Hall–Kier alpha value is -3.19. The summed E-state index contributed by atoms with van der Waals surface area (Å²) in [6.45, 7) is 0. The van der Waals surface area contributed by atoms with Crippen molar-refractivity contribution in [1.29, 1.82) is 0 Å². The van der Waals surface area contributed by atoms with Crippen molar-refractivity contribution in [2.45, 2.75) is 4.90 Å². The number of benzene rings is 3. The SMILES string of the molecule is Nc1cccc(Oc2ccc(S(=O)(=O)Oc3cccc(N)c3)cc2)c1. The molecule has 0 spiro atoms. The summed E-state index contributed by atoms with van der Waals surface area (Å²) in [5.74, 6) is 1.19. The smallest absolute Gasteiger partial charge is 0.339 e. The van der Waals surface area contributed by atoms with Gasteiger partial charge in [0.1, 0.15) is 22.1 Å². The lowest BCUT2D eigenvalue weighted by molar-refractivity contribution is 0.479. The molecule has 0 atom stereocenters. The van der Waals surface area contributed by atoms with E-state index in [0.29, 0.717) is 22.9 Å². The van der Waals surface area contributed by atoms with Crippen LogP contribution in [-0.2, 0) is 10.1 Å². The van der Waals surface area contributed by atoms with E-state index in [2.05, 4.69) is 0 Å². The van der Waals surface area contributed by atoms with Crippen LogP contribution in [0.3, 0.4) is 0 Å². The Bertz CT molecular complexity index is 986. The Morgan fingerprint density at radius 2 is 1.24 bits per heavy atom. The molecule has 0 aliphatic rings. The van der Waals surface area contributed by atoms with Crippen LogP contribution in [0.2, 0.25) is 0 Å². The normalized spacial score (nSPS) is 11.0. The Balaban J connectivity index is 1.77. The summed E-state index contributed by atoms with van der Waals surface area (Å²) in [4.78, 5) is 0.00912. The highest BCUT2D eigenvalue weighted by Crippen LogP contribution is 2.26. The fraction of sp³-hybridized carbons (Fsp3) is 0. The monoisotopic (exact) mass is 356 g/mol. The maximum Gasteiger partial charge on any atom is 0.339 e. The summed E-state index contributed by atoms with van der Waals surface area (Å²) in [5.41, 5.74) is 12.3. The molecule has 0 fully saturated rings. The minimum Gasteiger partial charge on any atom is -0.457 e. The first kappa shape index (κ1) is 16.7. The lowest BCUT2D eigenvalue weighted by Gasteiger charge is -2.09. The van der Waals surface area contributed by atoms with E-state index in [1.165, 1.54) is 24.3 Å². The van der Waals surface area contributed by atoms with Gasteiger partial charge in [0.05, 0.1) is 0 Å². The van der Waals surface area contributed by atoms with Crippen LogP contribution < -0.4 is 20.4 Å². The van der Waals surface area contributed by atoms with Crippen LogP contribution in [0.5, 0.6) is 17.2 Å². The number of anilines is 2. The second-order valence-corrected chi connectivity index (χ2v) is 6.80. The van der Waals surface area contributed by atoms with E-state index in [9.17, 15) is 8.42 Å². The van der Waals surface area contributed by atoms with Crippen LogP contribution in [-0.4, -0.2) is 8.42 Å². The first-order valence-corrected chi connectivity index (χ1v) is 8.77. The molecule has 6 nitrogen and oxygen atoms in total. The fourth-order valence-electron chi connectivity index (χ4n) is 2.13. The number of nitrogens with two attached hydrogens (primary N) is 2. The number of nitrogen functional groups attached to an aromatic ring is 2. The molecule has 0 amide bonds. The summed E-state index contributed by atoms with van der Waals surface area (Å²) in [6, 6.07) is 19.0. The molecule has 0 aromatic heterocycles. The quantitative estimate of drug-likeness (QED) is 0.536. The predicted octanol–water partition coefficient (Wildman–Crippen LogP) is 3.41. The minimum absolute atomic E-state index is 0.00912. The third kappa shape index (κ3) is 4.21. The molecular weight excluding hydrogens is 340 g/mol. The van der Waals surface area contributed by atoms with E-state index < -0.39 is 10.1 Å². The molecule has 0 unspecified atom stereocenters. The largest absolute Gasteiger partial charge is 0.457 e. The van der Waals surface area contributed by atoms with Gasteiger partial charge in [-0.2, -0.15) is 8.42 Å². The van der Waals surface area contributed by atoms with Crippen LogP contribution >= 0.6 is 0 Å². The van der Waals surface area contributed by atoms with Crippen LogP contribution in [0.25, 0.3) is 0 Å². The second-order valence-electron chi connectivity index (χ2n) is 5.26. The van der Waals surface area contributed by atoms with Gasteiger partial charge in [0.15, 0.2) is 0 Å². The summed E-state index contributed by atoms with van der Waals surface area (Å²) >= 11 is 0. The van der Waals surface area contributed by atoms with E-state index in [-0.39, 0.29) is 10.6 Å². The van der Waals surface area contributed by atoms with Gasteiger partial charge in [0.25, 0.3) is 0 Å². The van der Waals surface area contributed by atoms with E-state index in [4.69, 9.17) is 20.4 Å². The molecule has 3 rings (SSSR count). The topological polar surface area (TPSA) is 105 Å². The number of hydrogen-bond donors (Lipinski definition) is 2. The van der Waals surface area contributed by atoms with Crippen LogP contribution in [0, 0.1) is 0 Å². The van der Waals surface area contributed by atoms with Crippen LogP contribution in [0.15, 0.2) is 77.7 Å². The molecule has 0 radical (unpaired) electrons. The van der Waals surface area contributed by atoms with Gasteiger partial charge in [0, 0.05) is 23.5 Å². The van der Waals surface area contributed by atoms with Gasteiger partial charge in [-0.25, -0.2) is 0 Å². The van der Waals surface area contributed by atoms with Gasteiger partial charge < -0.3 is 20.4 Å². The zero-order chi connectivity index (χ0) is 17.9. The minimum atomic E-state index is -3.96. The van der Waals surface area contributed by atoms with Gasteiger partial charge in [0.2, 0.25) is 0 Å². The van der Waals surface area contributed by atoms with Gasteiger partial charge in [-0.1, -0.05) is 12.1 Å². The Kier molecular flexibility index (Phi) is 4.49. The summed E-state index contributed by atoms with van der Waals surface area (Å²) in [7, 11) is -3.96. The molecule has 3 aromatic rings. The molecule has 0 aliphatic heterocycles. The average Bonchev–Trinajstić information content (AvgIpc) is 2.55. The highest BCUT2D eigenvalue weighted by molar-refractivity contribution is 7.87. The first-order valence-electron chi connectivity index (χ1n) is 7.36. The zero-order valence-corrected chi connectivity index (χ0v) is 13.9. The van der Waals surface area contributed by atoms with Gasteiger partial charge in [-0.3, -0.25) is 0 Å². The molecule has 3 aromatic carbocycles. The summed E-state index contributed by atoms with van der Waals surface area (Å²) < 4.78 is 35.3. The van der Waals surface area contributed by atoms with Crippen molar-refractivity contribution in [2.75, 3.05) is 11.5 Å². The second kappa shape index (κ2) is 6.74. The van der Waals surface area contributed by atoms with Crippen molar-refractivity contribution in [3.63, 3.8) is 0 Å². The molecule has 0 saturated carbocycles. The Labute approximate surface area is 145 Å². The lowest BCUT2D eigenvalue weighted by atomic mass is 10.3. The van der Waals surface area contributed by atoms with Crippen molar-refractivity contribution in [3.05, 3.63) is 72.8 Å². The van der Waals surface area contributed by atoms with Crippen molar-refractivity contribution in [1.82, 2.24) is 0 Å². The van der Waals surface area contributed by atoms with Crippen molar-refractivity contribution in [3.8, 4) is 17.2 Å².